The number of aromatic nitrogens is 3. The van der Waals surface area contributed by atoms with Crippen LogP contribution in [0.2, 0.25) is 0 Å². The molecule has 1 atom stereocenters. The first-order chi connectivity index (χ1) is 12.0. The van der Waals surface area contributed by atoms with Crippen LogP contribution in [0.5, 0.6) is 0 Å². The minimum Gasteiger partial charge on any atom is -0.327 e. The summed E-state index contributed by atoms with van der Waals surface area (Å²) in [7, 11) is 0. The van der Waals surface area contributed by atoms with E-state index in [4.69, 9.17) is 0 Å². The molecule has 0 N–H and O–H groups in total. The van der Waals surface area contributed by atoms with Crippen LogP contribution in [0.25, 0.3) is 0 Å². The van der Waals surface area contributed by atoms with E-state index in [2.05, 4.69) is 20.2 Å². The summed E-state index contributed by atoms with van der Waals surface area (Å²) >= 11 is 0. The Morgan fingerprint density at radius 2 is 2.12 bits per heavy atom. The van der Waals surface area contributed by atoms with Gasteiger partial charge in [-0.15, -0.1) is 10.2 Å². The standard InChI is InChI=1S/C17H17FN6O/c1-10-15-21-22-16(14-9-19-11(2)20-14)24(15)7-6-23(10)17(25)12-4-3-5-13(18)8-12/h3-5,8,10H,6-7,9H2,1-2H3/t10-/m1/s1. The van der Waals surface area contributed by atoms with Crippen molar-refractivity contribution in [3.8, 4) is 0 Å². The van der Waals surface area contributed by atoms with Crippen LogP contribution in [0, 0.1) is 5.82 Å². The first kappa shape index (κ1) is 15.6. The molecule has 3 heterocycles. The van der Waals surface area contributed by atoms with Crippen LogP contribution < -0.4 is 0 Å². The molecule has 0 aliphatic carbocycles. The Bertz CT molecular complexity index is 916. The van der Waals surface area contributed by atoms with Crippen LogP contribution in [0.1, 0.15) is 41.9 Å². The van der Waals surface area contributed by atoms with Crippen LogP contribution in [0.3, 0.4) is 0 Å². The first-order valence-corrected chi connectivity index (χ1v) is 8.13. The number of fused-ring (bicyclic) bond motifs is 1. The van der Waals surface area contributed by atoms with E-state index in [1.54, 1.807) is 17.0 Å². The van der Waals surface area contributed by atoms with Gasteiger partial charge in [-0.2, -0.15) is 0 Å². The molecule has 0 bridgehead atoms. The fourth-order valence-corrected chi connectivity index (χ4v) is 3.24. The average molecular weight is 340 g/mol. The van der Waals surface area contributed by atoms with Gasteiger partial charge in [-0.25, -0.2) is 9.38 Å². The highest BCUT2D eigenvalue weighted by molar-refractivity contribution is 6.10. The monoisotopic (exact) mass is 340 g/mol. The molecule has 128 valence electrons. The maximum Gasteiger partial charge on any atom is 0.254 e. The number of hydrogen-bond donors (Lipinski definition) is 0. The van der Waals surface area contributed by atoms with Gasteiger partial charge in [0.1, 0.15) is 17.4 Å². The van der Waals surface area contributed by atoms with E-state index in [9.17, 15) is 9.18 Å². The quantitative estimate of drug-likeness (QED) is 0.837. The number of hydrogen-bond acceptors (Lipinski definition) is 5. The number of amides is 1. The second-order valence-corrected chi connectivity index (χ2v) is 6.14. The fourth-order valence-electron chi connectivity index (χ4n) is 3.24. The Labute approximate surface area is 143 Å². The van der Waals surface area contributed by atoms with Crippen LogP contribution in [0.15, 0.2) is 34.3 Å². The number of nitrogens with zero attached hydrogens (tertiary/aromatic N) is 6. The third kappa shape index (κ3) is 2.63. The number of benzene rings is 1. The molecule has 0 spiro atoms. The lowest BCUT2D eigenvalue weighted by molar-refractivity contribution is 0.0637. The molecular weight excluding hydrogens is 323 g/mol. The SMILES string of the molecule is CC1=NCC(c2nnc3n2CCN(C(=O)c2cccc(F)c2)[C@@H]3C)=N1. The molecule has 1 aromatic carbocycles. The summed E-state index contributed by atoms with van der Waals surface area (Å²) in [4.78, 5) is 23.1. The molecule has 2 aliphatic heterocycles. The molecule has 1 amide bonds. The molecule has 2 aromatic rings. The van der Waals surface area contributed by atoms with Crippen molar-refractivity contribution in [2.24, 2.45) is 9.98 Å². The smallest absolute Gasteiger partial charge is 0.254 e. The van der Waals surface area contributed by atoms with Crippen LogP contribution in [0.4, 0.5) is 4.39 Å². The highest BCUT2D eigenvalue weighted by Gasteiger charge is 2.33. The molecule has 0 saturated carbocycles. The molecular formula is C17H17FN6O. The summed E-state index contributed by atoms with van der Waals surface area (Å²) in [5.74, 6) is 1.52. The van der Waals surface area contributed by atoms with E-state index >= 15 is 0 Å². The highest BCUT2D eigenvalue weighted by atomic mass is 19.1. The summed E-state index contributed by atoms with van der Waals surface area (Å²) in [5.41, 5.74) is 1.14. The molecule has 2 aliphatic rings. The lowest BCUT2D eigenvalue weighted by atomic mass is 10.1. The molecule has 0 unspecified atom stereocenters. The van der Waals surface area contributed by atoms with E-state index in [0.717, 1.165) is 11.5 Å². The molecule has 8 heteroatoms. The minimum atomic E-state index is -0.421. The summed E-state index contributed by atoms with van der Waals surface area (Å²) in [5, 5.41) is 8.52. The van der Waals surface area contributed by atoms with Crippen molar-refractivity contribution in [1.82, 2.24) is 19.7 Å². The number of amidine groups is 1. The van der Waals surface area contributed by atoms with Crippen molar-refractivity contribution in [1.29, 1.82) is 0 Å². The molecule has 0 fully saturated rings. The van der Waals surface area contributed by atoms with E-state index in [1.807, 2.05) is 18.4 Å². The Morgan fingerprint density at radius 3 is 2.84 bits per heavy atom. The largest absolute Gasteiger partial charge is 0.327 e. The van der Waals surface area contributed by atoms with Gasteiger partial charge in [0.25, 0.3) is 5.91 Å². The van der Waals surface area contributed by atoms with Crippen molar-refractivity contribution in [3.05, 3.63) is 47.3 Å². The van der Waals surface area contributed by atoms with Gasteiger partial charge in [0.2, 0.25) is 0 Å². The van der Waals surface area contributed by atoms with Crippen LogP contribution >= 0.6 is 0 Å². The third-order valence-electron chi connectivity index (χ3n) is 4.53. The third-order valence-corrected chi connectivity index (χ3v) is 4.53. The van der Waals surface area contributed by atoms with Gasteiger partial charge in [-0.3, -0.25) is 9.79 Å². The van der Waals surface area contributed by atoms with Crippen molar-refractivity contribution in [3.63, 3.8) is 0 Å². The van der Waals surface area contributed by atoms with Gasteiger partial charge in [-0.05, 0) is 32.0 Å². The second-order valence-electron chi connectivity index (χ2n) is 6.14. The van der Waals surface area contributed by atoms with E-state index in [0.29, 0.717) is 36.8 Å². The molecule has 1 aromatic heterocycles. The van der Waals surface area contributed by atoms with Gasteiger partial charge in [0.15, 0.2) is 11.6 Å². The second kappa shape index (κ2) is 5.87. The lowest BCUT2D eigenvalue weighted by Crippen LogP contribution is -2.41. The van der Waals surface area contributed by atoms with Gasteiger partial charge in [-0.1, -0.05) is 6.07 Å². The summed E-state index contributed by atoms with van der Waals surface area (Å²) < 4.78 is 15.4. The molecule has 4 rings (SSSR count). The molecule has 7 nitrogen and oxygen atoms in total. The lowest BCUT2D eigenvalue weighted by Gasteiger charge is -2.33. The highest BCUT2D eigenvalue weighted by Crippen LogP contribution is 2.26. The van der Waals surface area contributed by atoms with Crippen molar-refractivity contribution in [2.75, 3.05) is 13.1 Å². The van der Waals surface area contributed by atoms with Gasteiger partial charge < -0.3 is 9.47 Å². The first-order valence-electron chi connectivity index (χ1n) is 8.13. The zero-order valence-electron chi connectivity index (χ0n) is 14.0. The molecule has 0 saturated heterocycles. The normalized spacial score (nSPS) is 19.5. The Kier molecular flexibility index (Phi) is 3.67. The number of carbonyl (C=O) groups excluding carboxylic acids is 1. The van der Waals surface area contributed by atoms with E-state index < -0.39 is 5.82 Å². The summed E-state index contributed by atoms with van der Waals surface area (Å²) in [6.45, 7) is 5.33. The number of halogens is 1. The van der Waals surface area contributed by atoms with Crippen molar-refractivity contribution >= 4 is 17.5 Å². The van der Waals surface area contributed by atoms with E-state index in [1.165, 1.54) is 12.1 Å². The fraction of sp³-hybridized carbons (Fsp3) is 0.353. The van der Waals surface area contributed by atoms with Gasteiger partial charge in [0.05, 0.1) is 12.6 Å². The number of carbonyl (C=O) groups is 1. The topological polar surface area (TPSA) is 75.7 Å². The van der Waals surface area contributed by atoms with Gasteiger partial charge in [0, 0.05) is 18.7 Å². The maximum absolute atomic E-state index is 13.4. The van der Waals surface area contributed by atoms with Crippen molar-refractivity contribution < 1.29 is 9.18 Å². The Balaban J connectivity index is 1.62. The zero-order chi connectivity index (χ0) is 17.6. The van der Waals surface area contributed by atoms with Crippen LogP contribution in [-0.4, -0.2) is 50.2 Å². The van der Waals surface area contributed by atoms with E-state index in [-0.39, 0.29) is 11.9 Å². The predicted octanol–water partition coefficient (Wildman–Crippen LogP) is 1.86. The van der Waals surface area contributed by atoms with Crippen LogP contribution in [-0.2, 0) is 6.54 Å². The Hall–Kier alpha value is -2.90. The summed E-state index contributed by atoms with van der Waals surface area (Å²) in [6, 6.07) is 5.49. The maximum atomic E-state index is 13.4. The molecule has 0 radical (unpaired) electrons. The van der Waals surface area contributed by atoms with Crippen molar-refractivity contribution in [2.45, 2.75) is 26.4 Å². The predicted molar refractivity (Wildman–Crippen MR) is 90.4 cm³/mol. The summed E-state index contributed by atoms with van der Waals surface area (Å²) in [6.07, 6.45) is 0. The number of rotatable bonds is 2. The average Bonchev–Trinajstić information content (AvgIpc) is 3.21. The zero-order valence-corrected chi connectivity index (χ0v) is 14.0. The number of aliphatic imine (C=N–C) groups is 2. The molecule has 25 heavy (non-hydrogen) atoms. The van der Waals surface area contributed by atoms with Gasteiger partial charge >= 0.3 is 0 Å². The Morgan fingerprint density at radius 1 is 1.28 bits per heavy atom. The minimum absolute atomic E-state index is 0.208.